The number of amides is 2. The first-order chi connectivity index (χ1) is 15.6. The van der Waals surface area contributed by atoms with Crippen LogP contribution in [0.4, 0.5) is 4.79 Å². The molecule has 0 radical (unpaired) electrons. The van der Waals surface area contributed by atoms with Crippen LogP contribution in [-0.4, -0.2) is 89.6 Å². The lowest BCUT2D eigenvalue weighted by molar-refractivity contribution is -0.233. The molecule has 5 unspecified atom stereocenters. The average Bonchev–Trinajstić information content (AvgIpc) is 3.10. The smallest absolute Gasteiger partial charge is 0.412 e. The second-order valence-corrected chi connectivity index (χ2v) is 10.7. The van der Waals surface area contributed by atoms with Gasteiger partial charge in [-0.3, -0.25) is 9.69 Å². The third kappa shape index (κ3) is 5.06. The molecule has 3 heterocycles. The predicted octanol–water partition coefficient (Wildman–Crippen LogP) is 2.42. The van der Waals surface area contributed by atoms with Gasteiger partial charge in [-0.2, -0.15) is 0 Å². The Hall–Kier alpha value is -1.68. The monoisotopic (exact) mass is 466 g/mol. The summed E-state index contributed by atoms with van der Waals surface area (Å²) in [7, 11) is 1.54. The fraction of sp³-hybridized carbons (Fsp3) is 0.833. The van der Waals surface area contributed by atoms with Crippen molar-refractivity contribution in [2.75, 3.05) is 20.3 Å². The van der Waals surface area contributed by atoms with Crippen LogP contribution in [0.3, 0.4) is 0 Å². The molecule has 4 fully saturated rings. The van der Waals surface area contributed by atoms with Gasteiger partial charge in [0, 0.05) is 20.3 Å². The molecule has 3 saturated heterocycles. The number of fused-ring (bicyclic) bond motifs is 2. The highest BCUT2D eigenvalue weighted by Gasteiger charge is 2.56. The molecule has 4 rings (SSSR count). The number of nitrogens with zero attached hydrogens (tertiary/aromatic N) is 2. The summed E-state index contributed by atoms with van der Waals surface area (Å²) in [5, 5.41) is 10.8. The van der Waals surface area contributed by atoms with E-state index in [1.165, 1.54) is 7.11 Å². The molecule has 1 aliphatic carbocycles. The number of rotatable bonds is 3. The molecule has 0 aromatic rings. The zero-order valence-electron chi connectivity index (χ0n) is 20.2. The van der Waals surface area contributed by atoms with Crippen LogP contribution in [0.5, 0.6) is 0 Å². The van der Waals surface area contributed by atoms with E-state index in [-0.39, 0.29) is 18.4 Å². The maximum atomic E-state index is 13.7. The van der Waals surface area contributed by atoms with E-state index < -0.39 is 48.4 Å². The van der Waals surface area contributed by atoms with Crippen molar-refractivity contribution < 1.29 is 33.6 Å². The zero-order chi connectivity index (χ0) is 23.9. The summed E-state index contributed by atoms with van der Waals surface area (Å²) < 4.78 is 23.6. The molecule has 0 aromatic carbocycles. The van der Waals surface area contributed by atoms with Crippen LogP contribution >= 0.6 is 0 Å². The molecule has 0 bridgehead atoms. The number of carbonyl (C=O) groups is 2. The van der Waals surface area contributed by atoms with Gasteiger partial charge < -0.3 is 29.0 Å². The zero-order valence-corrected chi connectivity index (χ0v) is 20.2. The second-order valence-electron chi connectivity index (χ2n) is 10.7. The van der Waals surface area contributed by atoms with Gasteiger partial charge in [0.25, 0.3) is 0 Å². The van der Waals surface area contributed by atoms with Crippen LogP contribution in [0, 0.1) is 5.92 Å². The Kier molecular flexibility index (Phi) is 7.05. The van der Waals surface area contributed by atoms with Gasteiger partial charge in [-0.25, -0.2) is 4.79 Å². The SMILES string of the molecule is C=C1C[C@H]2[C@H](OC3CCCCO3)N(C(=O)OC(C)(C)C)C3CC(O)C(OC)CC3C(=O)N2C1. The minimum atomic E-state index is -0.802. The van der Waals surface area contributed by atoms with Gasteiger partial charge in [-0.15, -0.1) is 0 Å². The molecular weight excluding hydrogens is 428 g/mol. The molecular formula is C24H38N2O7. The highest BCUT2D eigenvalue weighted by Crippen LogP contribution is 2.42. The molecule has 2 amide bonds. The number of hydrogen-bond acceptors (Lipinski definition) is 7. The highest BCUT2D eigenvalue weighted by molar-refractivity contribution is 5.83. The van der Waals surface area contributed by atoms with E-state index in [9.17, 15) is 14.7 Å². The van der Waals surface area contributed by atoms with Crippen LogP contribution in [0.1, 0.15) is 59.3 Å². The Morgan fingerprint density at radius 3 is 2.61 bits per heavy atom. The molecule has 9 nitrogen and oxygen atoms in total. The van der Waals surface area contributed by atoms with Crippen molar-refractivity contribution in [3.8, 4) is 0 Å². The number of aliphatic hydroxyl groups excluding tert-OH is 1. The van der Waals surface area contributed by atoms with Crippen molar-refractivity contribution in [1.82, 2.24) is 9.80 Å². The van der Waals surface area contributed by atoms with Gasteiger partial charge in [0.05, 0.1) is 30.2 Å². The van der Waals surface area contributed by atoms with Crippen molar-refractivity contribution in [3.05, 3.63) is 12.2 Å². The Bertz CT molecular complexity index is 760. The summed E-state index contributed by atoms with van der Waals surface area (Å²) in [6, 6.07) is -0.951. The summed E-state index contributed by atoms with van der Waals surface area (Å²) in [5.74, 6) is -0.582. The molecule has 1 saturated carbocycles. The van der Waals surface area contributed by atoms with E-state index in [2.05, 4.69) is 6.58 Å². The number of methoxy groups -OCH3 is 1. The minimum Gasteiger partial charge on any atom is -0.444 e. The first-order valence-electron chi connectivity index (χ1n) is 12.1. The first kappa shape index (κ1) is 24.4. The predicted molar refractivity (Wildman–Crippen MR) is 119 cm³/mol. The van der Waals surface area contributed by atoms with Crippen LogP contribution in [0.2, 0.25) is 0 Å². The fourth-order valence-electron chi connectivity index (χ4n) is 5.55. The van der Waals surface area contributed by atoms with Crippen LogP contribution in [0.15, 0.2) is 12.2 Å². The van der Waals surface area contributed by atoms with Crippen molar-refractivity contribution in [2.45, 2.75) is 102 Å². The lowest BCUT2D eigenvalue weighted by Crippen LogP contribution is -2.59. The van der Waals surface area contributed by atoms with Gasteiger partial charge in [0.1, 0.15) is 5.60 Å². The maximum Gasteiger partial charge on any atom is 0.412 e. The van der Waals surface area contributed by atoms with Gasteiger partial charge >= 0.3 is 6.09 Å². The summed E-state index contributed by atoms with van der Waals surface area (Å²) in [6.45, 7) is 10.6. The molecule has 3 aliphatic heterocycles. The maximum absolute atomic E-state index is 13.7. The molecule has 33 heavy (non-hydrogen) atoms. The lowest BCUT2D eigenvalue weighted by atomic mass is 9.79. The van der Waals surface area contributed by atoms with Crippen LogP contribution < -0.4 is 0 Å². The minimum absolute atomic E-state index is 0.0539. The van der Waals surface area contributed by atoms with Crippen LogP contribution in [0.25, 0.3) is 0 Å². The van der Waals surface area contributed by atoms with E-state index in [0.717, 1.165) is 24.8 Å². The third-order valence-electron chi connectivity index (χ3n) is 7.05. The van der Waals surface area contributed by atoms with E-state index in [1.54, 1.807) is 9.80 Å². The van der Waals surface area contributed by atoms with Crippen molar-refractivity contribution >= 4 is 12.0 Å². The molecule has 7 atom stereocenters. The van der Waals surface area contributed by atoms with Gasteiger partial charge in [-0.05, 0) is 59.3 Å². The van der Waals surface area contributed by atoms with Crippen molar-refractivity contribution in [1.29, 1.82) is 0 Å². The Balaban J connectivity index is 1.75. The van der Waals surface area contributed by atoms with Crippen molar-refractivity contribution in [2.24, 2.45) is 5.92 Å². The van der Waals surface area contributed by atoms with E-state index in [4.69, 9.17) is 18.9 Å². The molecule has 9 heteroatoms. The first-order valence-corrected chi connectivity index (χ1v) is 12.1. The molecule has 0 aromatic heterocycles. The third-order valence-corrected chi connectivity index (χ3v) is 7.05. The van der Waals surface area contributed by atoms with E-state index in [0.29, 0.717) is 26.0 Å². The standard InChI is InChI=1S/C24H38N2O7/c1-14-10-17-22(32-20-8-6-7-9-31-20)26(23(29)33-24(2,3)4)16-12-18(27)19(30-5)11-15(16)21(28)25(17)13-14/h15-20,22,27H,1,6-13H2,2-5H3/t15?,16?,17-,18?,19?,20?,22-/m0/s1. The van der Waals surface area contributed by atoms with Gasteiger partial charge in [0.2, 0.25) is 5.91 Å². The lowest BCUT2D eigenvalue weighted by Gasteiger charge is -2.45. The number of aliphatic hydroxyl groups is 1. The van der Waals surface area contributed by atoms with Gasteiger partial charge in [0.15, 0.2) is 12.5 Å². The topological polar surface area (TPSA) is 97.8 Å². The fourth-order valence-corrected chi connectivity index (χ4v) is 5.55. The number of hydrogen-bond donors (Lipinski definition) is 1. The molecule has 4 aliphatic rings. The largest absolute Gasteiger partial charge is 0.444 e. The van der Waals surface area contributed by atoms with Crippen molar-refractivity contribution in [3.63, 3.8) is 0 Å². The quantitative estimate of drug-likeness (QED) is 0.638. The molecule has 0 spiro atoms. The number of ether oxygens (including phenoxy) is 4. The molecule has 1 N–H and O–H groups in total. The average molecular weight is 467 g/mol. The van der Waals surface area contributed by atoms with E-state index in [1.807, 2.05) is 20.8 Å². The normalized spacial score (nSPS) is 37.4. The highest BCUT2D eigenvalue weighted by atomic mass is 16.7. The Morgan fingerprint density at radius 2 is 1.97 bits per heavy atom. The Morgan fingerprint density at radius 1 is 1.21 bits per heavy atom. The van der Waals surface area contributed by atoms with Gasteiger partial charge in [-0.1, -0.05) is 12.2 Å². The Labute approximate surface area is 196 Å². The summed E-state index contributed by atoms with van der Waals surface area (Å²) in [6.07, 6.45) is 0.704. The molecule has 186 valence electrons. The number of carbonyl (C=O) groups excluding carboxylic acids is 2. The van der Waals surface area contributed by atoms with E-state index >= 15 is 0 Å². The summed E-state index contributed by atoms with van der Waals surface area (Å²) >= 11 is 0. The summed E-state index contributed by atoms with van der Waals surface area (Å²) in [4.78, 5) is 30.7. The van der Waals surface area contributed by atoms with Crippen LogP contribution in [-0.2, 0) is 23.7 Å². The second kappa shape index (κ2) is 9.52. The summed E-state index contributed by atoms with van der Waals surface area (Å²) in [5.41, 5.74) is 0.198.